The highest BCUT2D eigenvalue weighted by molar-refractivity contribution is 9.10. The van der Waals surface area contributed by atoms with Crippen molar-refractivity contribution in [3.8, 4) is 5.75 Å². The highest BCUT2D eigenvalue weighted by Gasteiger charge is 2.48. The van der Waals surface area contributed by atoms with Gasteiger partial charge in [0.15, 0.2) is 0 Å². The van der Waals surface area contributed by atoms with Gasteiger partial charge < -0.3 is 10.2 Å². The van der Waals surface area contributed by atoms with Gasteiger partial charge in [0, 0.05) is 5.56 Å². The van der Waals surface area contributed by atoms with Gasteiger partial charge in [0.1, 0.15) is 11.6 Å². The lowest BCUT2D eigenvalue weighted by Crippen LogP contribution is -2.43. The number of carbonyl (C=O) groups is 1. The van der Waals surface area contributed by atoms with Gasteiger partial charge in [-0.2, -0.15) is 0 Å². The molecule has 3 nitrogen and oxygen atoms in total. The van der Waals surface area contributed by atoms with Crippen LogP contribution in [0.15, 0.2) is 16.6 Å². The van der Waals surface area contributed by atoms with E-state index in [1.807, 2.05) is 0 Å². The Morgan fingerprint density at radius 1 is 1.44 bits per heavy atom. The summed E-state index contributed by atoms with van der Waals surface area (Å²) in [6.07, 6.45) is 1.66. The van der Waals surface area contributed by atoms with Crippen LogP contribution in [0.4, 0.5) is 4.39 Å². The summed E-state index contributed by atoms with van der Waals surface area (Å²) in [6, 6.07) is 2.66. The van der Waals surface area contributed by atoms with E-state index < -0.39 is 17.2 Å². The lowest BCUT2D eigenvalue weighted by atomic mass is 9.64. The van der Waals surface area contributed by atoms with Gasteiger partial charge in [0.25, 0.3) is 0 Å². The molecule has 0 atom stereocenters. The number of aliphatic carboxylic acids is 1. The molecule has 0 bridgehead atoms. The molecule has 1 fully saturated rings. The quantitative estimate of drug-likeness (QED) is 0.880. The summed E-state index contributed by atoms with van der Waals surface area (Å²) < 4.78 is 13.8. The molecule has 1 aliphatic carbocycles. The molecule has 1 aromatic rings. The second-order valence-corrected chi connectivity index (χ2v) is 4.79. The third-order valence-corrected chi connectivity index (χ3v) is 3.95. The predicted molar refractivity (Wildman–Crippen MR) is 58.9 cm³/mol. The summed E-state index contributed by atoms with van der Waals surface area (Å²) in [5.74, 6) is -1.90. The molecule has 2 rings (SSSR count). The first kappa shape index (κ1) is 11.4. The zero-order valence-corrected chi connectivity index (χ0v) is 9.92. The van der Waals surface area contributed by atoms with Gasteiger partial charge >= 0.3 is 5.97 Å². The minimum absolute atomic E-state index is 0.0717. The number of rotatable bonds is 2. The van der Waals surface area contributed by atoms with Crippen LogP contribution in [0.2, 0.25) is 0 Å². The monoisotopic (exact) mass is 288 g/mol. The molecular weight excluding hydrogens is 279 g/mol. The second-order valence-electron chi connectivity index (χ2n) is 4.00. The van der Waals surface area contributed by atoms with Crippen molar-refractivity contribution in [1.29, 1.82) is 0 Å². The minimum Gasteiger partial charge on any atom is -0.507 e. The third kappa shape index (κ3) is 1.42. The molecule has 0 aromatic heterocycles. The highest BCUT2D eigenvalue weighted by Crippen LogP contribution is 2.46. The molecule has 0 spiro atoms. The van der Waals surface area contributed by atoms with Gasteiger partial charge in [-0.15, -0.1) is 0 Å². The summed E-state index contributed by atoms with van der Waals surface area (Å²) in [4.78, 5) is 11.2. The zero-order chi connectivity index (χ0) is 11.9. The molecule has 1 saturated carbocycles. The molecule has 86 valence electrons. The van der Waals surface area contributed by atoms with Crippen LogP contribution in [0.1, 0.15) is 24.8 Å². The maximum atomic E-state index is 13.9. The number of carboxylic acid groups (broad SMARTS) is 1. The van der Waals surface area contributed by atoms with Crippen molar-refractivity contribution in [2.24, 2.45) is 0 Å². The van der Waals surface area contributed by atoms with E-state index in [0.29, 0.717) is 12.8 Å². The number of phenolic OH excluding ortho intramolecular Hbond substituents is 1. The Hall–Kier alpha value is -1.10. The molecule has 0 heterocycles. The molecule has 5 heteroatoms. The van der Waals surface area contributed by atoms with Gasteiger partial charge in [-0.25, -0.2) is 4.39 Å². The number of halogens is 2. The van der Waals surface area contributed by atoms with Crippen molar-refractivity contribution < 1.29 is 19.4 Å². The van der Waals surface area contributed by atoms with E-state index in [9.17, 15) is 19.4 Å². The molecule has 0 amide bonds. The van der Waals surface area contributed by atoms with E-state index in [4.69, 9.17) is 0 Å². The van der Waals surface area contributed by atoms with E-state index in [2.05, 4.69) is 15.9 Å². The van der Waals surface area contributed by atoms with Crippen LogP contribution in [-0.4, -0.2) is 16.2 Å². The van der Waals surface area contributed by atoms with Crippen molar-refractivity contribution in [1.82, 2.24) is 0 Å². The maximum absolute atomic E-state index is 13.9. The normalized spacial score (nSPS) is 17.9. The summed E-state index contributed by atoms with van der Waals surface area (Å²) in [5.41, 5.74) is -0.962. The smallest absolute Gasteiger partial charge is 0.314 e. The number of benzene rings is 1. The largest absolute Gasteiger partial charge is 0.507 e. The van der Waals surface area contributed by atoms with Crippen LogP contribution in [0.3, 0.4) is 0 Å². The predicted octanol–water partition coefficient (Wildman–Crippen LogP) is 2.80. The Kier molecular flexibility index (Phi) is 2.66. The fourth-order valence-electron chi connectivity index (χ4n) is 2.04. The Morgan fingerprint density at radius 2 is 2.06 bits per heavy atom. The standard InChI is InChI=1S/C11H10BrFO3/c12-8-7(14)3-2-6(9(8)13)11(10(15)16)4-1-5-11/h2-3,14H,1,4-5H2,(H,15,16). The molecular formula is C11H10BrFO3. The number of hydrogen-bond donors (Lipinski definition) is 2. The highest BCUT2D eigenvalue weighted by atomic mass is 79.9. The van der Waals surface area contributed by atoms with Crippen molar-refractivity contribution in [3.05, 3.63) is 28.0 Å². The molecule has 1 aromatic carbocycles. The molecule has 0 aliphatic heterocycles. The third-order valence-electron chi connectivity index (χ3n) is 3.19. The van der Waals surface area contributed by atoms with Crippen LogP contribution in [-0.2, 0) is 10.2 Å². The Balaban J connectivity index is 2.56. The Bertz CT molecular complexity index is 455. The van der Waals surface area contributed by atoms with Gasteiger partial charge in [-0.3, -0.25) is 4.79 Å². The average molecular weight is 289 g/mol. The topological polar surface area (TPSA) is 57.5 Å². The second kappa shape index (κ2) is 3.73. The fraction of sp³-hybridized carbons (Fsp3) is 0.364. The number of aromatic hydroxyl groups is 1. The van der Waals surface area contributed by atoms with Crippen molar-refractivity contribution >= 4 is 21.9 Å². The van der Waals surface area contributed by atoms with Crippen molar-refractivity contribution in [3.63, 3.8) is 0 Å². The number of hydrogen-bond acceptors (Lipinski definition) is 2. The first-order valence-corrected chi connectivity index (χ1v) is 5.69. The van der Waals surface area contributed by atoms with Crippen molar-refractivity contribution in [2.75, 3.05) is 0 Å². The van der Waals surface area contributed by atoms with E-state index in [1.165, 1.54) is 12.1 Å². The Labute approximate surface area is 100 Å². The number of phenols is 1. The fourth-order valence-corrected chi connectivity index (χ4v) is 2.38. The maximum Gasteiger partial charge on any atom is 0.314 e. The first-order chi connectivity index (χ1) is 7.49. The van der Waals surface area contributed by atoms with Crippen molar-refractivity contribution in [2.45, 2.75) is 24.7 Å². The van der Waals surface area contributed by atoms with E-state index in [-0.39, 0.29) is 15.8 Å². The minimum atomic E-state index is -1.11. The summed E-state index contributed by atoms with van der Waals surface area (Å²) in [7, 11) is 0. The first-order valence-electron chi connectivity index (χ1n) is 4.90. The van der Waals surface area contributed by atoms with Crippen LogP contribution in [0.25, 0.3) is 0 Å². The Morgan fingerprint density at radius 3 is 2.50 bits per heavy atom. The average Bonchev–Trinajstić information content (AvgIpc) is 2.16. The summed E-state index contributed by atoms with van der Waals surface area (Å²) in [6.45, 7) is 0. The van der Waals surface area contributed by atoms with Gasteiger partial charge in [0.05, 0.1) is 9.89 Å². The zero-order valence-electron chi connectivity index (χ0n) is 8.33. The van der Waals surface area contributed by atoms with Gasteiger partial charge in [-0.1, -0.05) is 12.5 Å². The SMILES string of the molecule is O=C(O)C1(c2ccc(O)c(Br)c2F)CCC1. The van der Waals surface area contributed by atoms with E-state index in [1.54, 1.807) is 0 Å². The lowest BCUT2D eigenvalue weighted by Gasteiger charge is -2.38. The molecule has 16 heavy (non-hydrogen) atoms. The molecule has 1 aliphatic rings. The van der Waals surface area contributed by atoms with Gasteiger partial charge in [0.2, 0.25) is 0 Å². The van der Waals surface area contributed by atoms with E-state index in [0.717, 1.165) is 6.42 Å². The lowest BCUT2D eigenvalue weighted by molar-refractivity contribution is -0.147. The summed E-state index contributed by atoms with van der Waals surface area (Å²) >= 11 is 2.91. The van der Waals surface area contributed by atoms with Gasteiger partial charge in [-0.05, 0) is 34.8 Å². The molecule has 2 N–H and O–H groups in total. The van der Waals surface area contributed by atoms with Crippen LogP contribution < -0.4 is 0 Å². The van der Waals surface area contributed by atoms with Crippen LogP contribution in [0.5, 0.6) is 5.75 Å². The molecule has 0 unspecified atom stereocenters. The van der Waals surface area contributed by atoms with Crippen LogP contribution >= 0.6 is 15.9 Å². The molecule has 0 radical (unpaired) electrons. The summed E-state index contributed by atoms with van der Waals surface area (Å²) in [5, 5.41) is 18.5. The molecule has 0 saturated heterocycles. The number of carboxylic acids is 1. The van der Waals surface area contributed by atoms with E-state index >= 15 is 0 Å². The van der Waals surface area contributed by atoms with Crippen LogP contribution in [0, 0.1) is 5.82 Å².